The van der Waals surface area contributed by atoms with Gasteiger partial charge >= 0.3 is 0 Å². The fourth-order valence-corrected chi connectivity index (χ4v) is 5.27. The lowest BCUT2D eigenvalue weighted by atomic mass is 10.1. The molecule has 162 valence electrons. The first-order chi connectivity index (χ1) is 15.5. The molecule has 32 heavy (non-hydrogen) atoms. The standard InChI is InChI=1S/C24H20BrN3O2S2/c1-15(16-5-3-2-4-6-16)26-22(29)14-31-24-28-20-12-11-19(13-21(20)32-24)27-23(30)17-7-9-18(25)10-8-17/h2-13,15H,14H2,1H3,(H,26,29)(H,27,30). The van der Waals surface area contributed by atoms with Crippen molar-refractivity contribution in [3.05, 3.63) is 88.4 Å². The average Bonchev–Trinajstić information content (AvgIpc) is 3.21. The van der Waals surface area contributed by atoms with Gasteiger partial charge in [-0.25, -0.2) is 4.98 Å². The van der Waals surface area contributed by atoms with Gasteiger partial charge in [-0.3, -0.25) is 9.59 Å². The number of anilines is 1. The number of nitrogens with zero attached hydrogens (tertiary/aromatic N) is 1. The maximum Gasteiger partial charge on any atom is 0.255 e. The van der Waals surface area contributed by atoms with Crippen LogP contribution in [0.1, 0.15) is 28.9 Å². The van der Waals surface area contributed by atoms with E-state index < -0.39 is 0 Å². The van der Waals surface area contributed by atoms with Crippen molar-refractivity contribution in [2.45, 2.75) is 17.3 Å². The second-order valence-corrected chi connectivity index (χ2v) is 10.3. The number of amides is 2. The molecule has 0 fully saturated rings. The lowest BCUT2D eigenvalue weighted by molar-refractivity contribution is -0.119. The number of hydrogen-bond donors (Lipinski definition) is 2. The Balaban J connectivity index is 1.36. The highest BCUT2D eigenvalue weighted by Crippen LogP contribution is 2.31. The minimum absolute atomic E-state index is 0.0342. The summed E-state index contributed by atoms with van der Waals surface area (Å²) in [4.78, 5) is 29.4. The predicted molar refractivity (Wildman–Crippen MR) is 135 cm³/mol. The van der Waals surface area contributed by atoms with E-state index in [-0.39, 0.29) is 17.9 Å². The van der Waals surface area contributed by atoms with Gasteiger partial charge in [-0.2, -0.15) is 0 Å². The fraction of sp³-hybridized carbons (Fsp3) is 0.125. The van der Waals surface area contributed by atoms with Crippen molar-refractivity contribution in [1.82, 2.24) is 10.3 Å². The van der Waals surface area contributed by atoms with E-state index >= 15 is 0 Å². The van der Waals surface area contributed by atoms with Gasteiger partial charge in [0.25, 0.3) is 5.91 Å². The minimum Gasteiger partial charge on any atom is -0.349 e. The van der Waals surface area contributed by atoms with Gasteiger partial charge in [-0.15, -0.1) is 11.3 Å². The summed E-state index contributed by atoms with van der Waals surface area (Å²) in [5, 5.41) is 5.94. The van der Waals surface area contributed by atoms with Crippen LogP contribution in [0.15, 0.2) is 81.6 Å². The Morgan fingerprint density at radius 3 is 2.56 bits per heavy atom. The first-order valence-corrected chi connectivity index (χ1v) is 12.5. The highest BCUT2D eigenvalue weighted by molar-refractivity contribution is 9.10. The van der Waals surface area contributed by atoms with Crippen LogP contribution < -0.4 is 10.6 Å². The molecular weight excluding hydrogens is 506 g/mol. The Kier molecular flexibility index (Phi) is 7.24. The van der Waals surface area contributed by atoms with Gasteiger partial charge in [0.15, 0.2) is 4.34 Å². The number of hydrogen-bond acceptors (Lipinski definition) is 5. The molecule has 0 aliphatic rings. The van der Waals surface area contributed by atoms with E-state index in [1.54, 1.807) is 12.1 Å². The number of halogens is 1. The molecule has 1 atom stereocenters. The number of thiazole rings is 1. The number of thioether (sulfide) groups is 1. The Morgan fingerprint density at radius 1 is 1.06 bits per heavy atom. The molecule has 0 radical (unpaired) electrons. The molecule has 1 heterocycles. The molecule has 4 rings (SSSR count). The first-order valence-electron chi connectivity index (χ1n) is 9.92. The van der Waals surface area contributed by atoms with Crippen molar-refractivity contribution in [2.24, 2.45) is 0 Å². The van der Waals surface area contributed by atoms with Gasteiger partial charge in [-0.1, -0.05) is 58.0 Å². The van der Waals surface area contributed by atoms with Gasteiger partial charge in [-0.05, 0) is 55.0 Å². The van der Waals surface area contributed by atoms with E-state index in [0.717, 1.165) is 24.6 Å². The van der Waals surface area contributed by atoms with Crippen LogP contribution in [0.25, 0.3) is 10.2 Å². The molecule has 0 saturated heterocycles. The van der Waals surface area contributed by atoms with Crippen LogP contribution in [0.3, 0.4) is 0 Å². The number of benzene rings is 3. The number of carbonyl (C=O) groups excluding carboxylic acids is 2. The van der Waals surface area contributed by atoms with Gasteiger partial charge in [0, 0.05) is 15.7 Å². The summed E-state index contributed by atoms with van der Waals surface area (Å²) in [5.74, 6) is 0.0951. The van der Waals surface area contributed by atoms with Crippen molar-refractivity contribution >= 4 is 66.7 Å². The Morgan fingerprint density at radius 2 is 1.81 bits per heavy atom. The zero-order valence-corrected chi connectivity index (χ0v) is 20.4. The molecule has 0 aliphatic heterocycles. The maximum atomic E-state index is 12.4. The molecule has 3 aromatic carbocycles. The zero-order chi connectivity index (χ0) is 22.5. The number of carbonyl (C=O) groups is 2. The summed E-state index contributed by atoms with van der Waals surface area (Å²) < 4.78 is 2.70. The average molecular weight is 526 g/mol. The topological polar surface area (TPSA) is 71.1 Å². The van der Waals surface area contributed by atoms with Gasteiger partial charge in [0.05, 0.1) is 22.0 Å². The Hall–Kier alpha value is -2.68. The van der Waals surface area contributed by atoms with E-state index in [9.17, 15) is 9.59 Å². The lowest BCUT2D eigenvalue weighted by Gasteiger charge is -2.13. The zero-order valence-electron chi connectivity index (χ0n) is 17.2. The molecule has 0 bridgehead atoms. The highest BCUT2D eigenvalue weighted by atomic mass is 79.9. The summed E-state index contributed by atoms with van der Waals surface area (Å²) in [6.07, 6.45) is 0. The SMILES string of the molecule is CC(NC(=O)CSc1nc2ccc(NC(=O)c3ccc(Br)cc3)cc2s1)c1ccccc1. The second kappa shape index (κ2) is 10.3. The molecule has 5 nitrogen and oxygen atoms in total. The van der Waals surface area contributed by atoms with Gasteiger partial charge in [0.1, 0.15) is 0 Å². The van der Waals surface area contributed by atoms with Crippen LogP contribution in [-0.4, -0.2) is 22.6 Å². The summed E-state index contributed by atoms with van der Waals surface area (Å²) >= 11 is 6.29. The fourth-order valence-electron chi connectivity index (χ4n) is 3.08. The molecule has 0 aliphatic carbocycles. The second-order valence-electron chi connectivity index (χ2n) is 7.11. The maximum absolute atomic E-state index is 12.4. The quantitative estimate of drug-likeness (QED) is 0.278. The summed E-state index contributed by atoms with van der Waals surface area (Å²) in [6.45, 7) is 1.97. The van der Waals surface area contributed by atoms with E-state index in [1.165, 1.54) is 23.1 Å². The van der Waals surface area contributed by atoms with Gasteiger partial charge < -0.3 is 10.6 Å². The van der Waals surface area contributed by atoms with Crippen molar-refractivity contribution in [2.75, 3.05) is 11.1 Å². The summed E-state index contributed by atoms with van der Waals surface area (Å²) in [5.41, 5.74) is 3.21. The smallest absolute Gasteiger partial charge is 0.255 e. The van der Waals surface area contributed by atoms with Crippen molar-refractivity contribution in [3.63, 3.8) is 0 Å². The first kappa shape index (κ1) is 22.5. The van der Waals surface area contributed by atoms with Crippen molar-refractivity contribution < 1.29 is 9.59 Å². The molecule has 2 N–H and O–H groups in total. The molecule has 0 spiro atoms. The van der Waals surface area contributed by atoms with E-state index in [4.69, 9.17) is 0 Å². The normalized spacial score (nSPS) is 11.8. The minimum atomic E-state index is -0.167. The number of aromatic nitrogens is 1. The van der Waals surface area contributed by atoms with E-state index in [1.807, 2.05) is 67.6 Å². The summed E-state index contributed by atoms with van der Waals surface area (Å²) in [6, 6.07) is 22.7. The third-order valence-electron chi connectivity index (χ3n) is 4.74. The monoisotopic (exact) mass is 525 g/mol. The number of nitrogens with one attached hydrogen (secondary N) is 2. The largest absolute Gasteiger partial charge is 0.349 e. The third-order valence-corrected chi connectivity index (χ3v) is 7.43. The Bertz CT molecular complexity index is 1240. The molecule has 1 aromatic heterocycles. The van der Waals surface area contributed by atoms with Crippen LogP contribution >= 0.6 is 39.0 Å². The predicted octanol–water partition coefficient (Wildman–Crippen LogP) is 6.28. The number of rotatable bonds is 7. The van der Waals surface area contributed by atoms with Crippen molar-refractivity contribution in [1.29, 1.82) is 0 Å². The molecule has 2 amide bonds. The van der Waals surface area contributed by atoms with Crippen LogP contribution in [-0.2, 0) is 4.79 Å². The van der Waals surface area contributed by atoms with Crippen LogP contribution in [0, 0.1) is 0 Å². The third kappa shape index (κ3) is 5.76. The van der Waals surface area contributed by atoms with E-state index in [2.05, 4.69) is 31.5 Å². The van der Waals surface area contributed by atoms with Crippen molar-refractivity contribution in [3.8, 4) is 0 Å². The Labute approximate surface area is 202 Å². The van der Waals surface area contributed by atoms with Crippen LogP contribution in [0.4, 0.5) is 5.69 Å². The molecule has 8 heteroatoms. The molecule has 0 saturated carbocycles. The lowest BCUT2D eigenvalue weighted by Crippen LogP contribution is -2.28. The van der Waals surface area contributed by atoms with E-state index in [0.29, 0.717) is 17.0 Å². The molecule has 1 unspecified atom stereocenters. The molecule has 4 aromatic rings. The van der Waals surface area contributed by atoms with Crippen LogP contribution in [0.5, 0.6) is 0 Å². The number of fused-ring (bicyclic) bond motifs is 1. The highest BCUT2D eigenvalue weighted by Gasteiger charge is 2.12. The molecular formula is C24H20BrN3O2S2. The van der Waals surface area contributed by atoms with Crippen LogP contribution in [0.2, 0.25) is 0 Å². The summed E-state index contributed by atoms with van der Waals surface area (Å²) in [7, 11) is 0. The van der Waals surface area contributed by atoms with Gasteiger partial charge in [0.2, 0.25) is 5.91 Å².